The Bertz CT molecular complexity index is 826. The highest BCUT2D eigenvalue weighted by Crippen LogP contribution is 2.27. The summed E-state index contributed by atoms with van der Waals surface area (Å²) in [5.74, 6) is 0.418. The van der Waals surface area contributed by atoms with E-state index >= 15 is 0 Å². The molecule has 0 heterocycles. The van der Waals surface area contributed by atoms with E-state index in [1.54, 1.807) is 44.6 Å². The molecule has 1 N–H and O–H groups in total. The first-order valence-corrected chi connectivity index (χ1v) is 8.91. The van der Waals surface area contributed by atoms with E-state index in [0.717, 1.165) is 5.56 Å². The summed E-state index contributed by atoms with van der Waals surface area (Å²) in [6.07, 6.45) is 0.126. The number of carbonyl (C=O) groups is 2. The van der Waals surface area contributed by atoms with E-state index in [-0.39, 0.29) is 37.1 Å². The number of rotatable bonds is 9. The Kier molecular flexibility index (Phi) is 7.80. The Morgan fingerprint density at radius 3 is 2.43 bits per heavy atom. The molecule has 0 aliphatic rings. The van der Waals surface area contributed by atoms with Gasteiger partial charge in [0.05, 0.1) is 14.2 Å². The number of carbonyl (C=O) groups excluding carboxylic acids is 2. The molecule has 0 aliphatic heterocycles. The minimum absolute atomic E-state index is 0.126. The van der Waals surface area contributed by atoms with Crippen LogP contribution in [0.3, 0.4) is 0 Å². The summed E-state index contributed by atoms with van der Waals surface area (Å²) in [6, 6.07) is 11.7. The van der Waals surface area contributed by atoms with E-state index in [0.29, 0.717) is 23.6 Å². The molecule has 2 aromatic carbocycles. The second kappa shape index (κ2) is 10.3. The highest BCUT2D eigenvalue weighted by molar-refractivity contribution is 5.78. The summed E-state index contributed by atoms with van der Waals surface area (Å²) < 4.78 is 24.2. The summed E-state index contributed by atoms with van der Waals surface area (Å²) in [4.78, 5) is 25.4. The smallest absolute Gasteiger partial charge is 0.222 e. The first-order chi connectivity index (χ1) is 13.4. The van der Waals surface area contributed by atoms with Crippen molar-refractivity contribution in [2.75, 3.05) is 20.8 Å². The standard InChI is InChI=1S/C21H25FN2O4/c1-15(25)24(14-17-6-4-5-7-18(17)22)11-10-21(26)23-13-16-8-9-19(27-2)20(12-16)28-3/h4-9,12H,10-11,13-14H2,1-3H3,(H,23,26). The number of nitrogens with one attached hydrogen (secondary N) is 1. The molecule has 28 heavy (non-hydrogen) atoms. The van der Waals surface area contributed by atoms with Crippen molar-refractivity contribution in [2.24, 2.45) is 0 Å². The Hall–Kier alpha value is -3.09. The van der Waals surface area contributed by atoms with E-state index < -0.39 is 0 Å². The molecule has 7 heteroatoms. The summed E-state index contributed by atoms with van der Waals surface area (Å²) in [6.45, 7) is 2.07. The zero-order valence-electron chi connectivity index (χ0n) is 16.3. The maximum absolute atomic E-state index is 13.8. The lowest BCUT2D eigenvalue weighted by Crippen LogP contribution is -2.33. The van der Waals surface area contributed by atoms with Crippen LogP contribution in [0.5, 0.6) is 11.5 Å². The quantitative estimate of drug-likeness (QED) is 0.717. The summed E-state index contributed by atoms with van der Waals surface area (Å²) in [7, 11) is 3.10. The van der Waals surface area contributed by atoms with Crippen molar-refractivity contribution in [3.63, 3.8) is 0 Å². The molecule has 2 amide bonds. The zero-order chi connectivity index (χ0) is 20.5. The van der Waals surface area contributed by atoms with Gasteiger partial charge < -0.3 is 19.7 Å². The largest absolute Gasteiger partial charge is 0.493 e. The van der Waals surface area contributed by atoms with E-state index in [4.69, 9.17) is 9.47 Å². The van der Waals surface area contributed by atoms with Crippen LogP contribution in [0.4, 0.5) is 4.39 Å². The van der Waals surface area contributed by atoms with E-state index in [2.05, 4.69) is 5.32 Å². The van der Waals surface area contributed by atoms with Gasteiger partial charge in [0.15, 0.2) is 11.5 Å². The van der Waals surface area contributed by atoms with Gasteiger partial charge in [-0.1, -0.05) is 24.3 Å². The average molecular weight is 388 g/mol. The van der Waals surface area contributed by atoms with Crippen LogP contribution in [0.2, 0.25) is 0 Å². The molecular weight excluding hydrogens is 363 g/mol. The van der Waals surface area contributed by atoms with Gasteiger partial charge in [0.2, 0.25) is 11.8 Å². The zero-order valence-corrected chi connectivity index (χ0v) is 16.3. The number of amides is 2. The normalized spacial score (nSPS) is 10.3. The highest BCUT2D eigenvalue weighted by Gasteiger charge is 2.14. The molecule has 0 aromatic heterocycles. The average Bonchev–Trinajstić information content (AvgIpc) is 2.70. The third-order valence-electron chi connectivity index (χ3n) is 4.31. The number of nitrogens with zero attached hydrogens (tertiary/aromatic N) is 1. The molecule has 2 aromatic rings. The number of hydrogen-bond donors (Lipinski definition) is 1. The predicted octanol–water partition coefficient (Wildman–Crippen LogP) is 2.90. The van der Waals surface area contributed by atoms with E-state index in [1.165, 1.54) is 17.9 Å². The molecule has 0 atom stereocenters. The fourth-order valence-electron chi connectivity index (χ4n) is 2.70. The first kappa shape index (κ1) is 21.2. The van der Waals surface area contributed by atoms with Gasteiger partial charge in [-0.3, -0.25) is 9.59 Å². The van der Waals surface area contributed by atoms with E-state index in [1.807, 2.05) is 6.07 Å². The van der Waals surface area contributed by atoms with Crippen LogP contribution in [0.25, 0.3) is 0 Å². The van der Waals surface area contributed by atoms with Crippen molar-refractivity contribution in [3.8, 4) is 11.5 Å². The number of benzene rings is 2. The topological polar surface area (TPSA) is 67.9 Å². The molecule has 2 rings (SSSR count). The maximum atomic E-state index is 13.8. The lowest BCUT2D eigenvalue weighted by Gasteiger charge is -2.21. The van der Waals surface area contributed by atoms with Crippen LogP contribution in [-0.4, -0.2) is 37.5 Å². The van der Waals surface area contributed by atoms with Crippen LogP contribution in [0.15, 0.2) is 42.5 Å². The fourth-order valence-corrected chi connectivity index (χ4v) is 2.70. The molecule has 0 unspecified atom stereocenters. The van der Waals surface area contributed by atoms with Crippen LogP contribution >= 0.6 is 0 Å². The molecule has 0 radical (unpaired) electrons. The number of halogens is 1. The molecule has 0 spiro atoms. The number of methoxy groups -OCH3 is 2. The van der Waals surface area contributed by atoms with Gasteiger partial charge in [-0.2, -0.15) is 0 Å². The van der Waals surface area contributed by atoms with Crippen molar-refractivity contribution < 1.29 is 23.5 Å². The van der Waals surface area contributed by atoms with Crippen LogP contribution in [0, 0.1) is 5.82 Å². The molecule has 6 nitrogen and oxygen atoms in total. The van der Waals surface area contributed by atoms with Crippen LogP contribution in [-0.2, 0) is 22.7 Å². The Morgan fingerprint density at radius 1 is 1.07 bits per heavy atom. The SMILES string of the molecule is COc1ccc(CNC(=O)CCN(Cc2ccccc2F)C(C)=O)cc1OC. The minimum atomic E-state index is -0.369. The first-order valence-electron chi connectivity index (χ1n) is 8.91. The molecule has 150 valence electrons. The van der Waals surface area contributed by atoms with Crippen LogP contribution in [0.1, 0.15) is 24.5 Å². The molecular formula is C21H25FN2O4. The lowest BCUT2D eigenvalue weighted by molar-refractivity contribution is -0.130. The monoisotopic (exact) mass is 388 g/mol. The predicted molar refractivity (Wildman–Crippen MR) is 104 cm³/mol. The van der Waals surface area contributed by atoms with Gasteiger partial charge in [-0.05, 0) is 23.8 Å². The maximum Gasteiger partial charge on any atom is 0.222 e. The number of ether oxygens (including phenoxy) is 2. The molecule has 0 saturated heterocycles. The lowest BCUT2D eigenvalue weighted by atomic mass is 10.2. The summed E-state index contributed by atoms with van der Waals surface area (Å²) in [5.41, 5.74) is 1.28. The van der Waals surface area contributed by atoms with Crippen molar-refractivity contribution >= 4 is 11.8 Å². The number of hydrogen-bond acceptors (Lipinski definition) is 4. The summed E-state index contributed by atoms with van der Waals surface area (Å²) in [5, 5.41) is 2.81. The van der Waals surface area contributed by atoms with Crippen molar-refractivity contribution in [1.29, 1.82) is 0 Å². The van der Waals surface area contributed by atoms with Gasteiger partial charge in [0.1, 0.15) is 5.82 Å². The van der Waals surface area contributed by atoms with Gasteiger partial charge in [-0.15, -0.1) is 0 Å². The highest BCUT2D eigenvalue weighted by atomic mass is 19.1. The minimum Gasteiger partial charge on any atom is -0.493 e. The second-order valence-electron chi connectivity index (χ2n) is 6.25. The van der Waals surface area contributed by atoms with Crippen molar-refractivity contribution in [3.05, 3.63) is 59.4 Å². The van der Waals surface area contributed by atoms with E-state index in [9.17, 15) is 14.0 Å². The van der Waals surface area contributed by atoms with Crippen molar-refractivity contribution in [2.45, 2.75) is 26.4 Å². The molecule has 0 saturated carbocycles. The van der Waals surface area contributed by atoms with Gasteiger partial charge in [0.25, 0.3) is 0 Å². The van der Waals surface area contributed by atoms with Crippen molar-refractivity contribution in [1.82, 2.24) is 10.2 Å². The molecule has 0 bridgehead atoms. The fraction of sp³-hybridized carbons (Fsp3) is 0.333. The van der Waals surface area contributed by atoms with Gasteiger partial charge in [0, 0.05) is 38.5 Å². The molecule has 0 fully saturated rings. The Balaban J connectivity index is 1.88. The Labute approximate surface area is 164 Å². The van der Waals surface area contributed by atoms with Gasteiger partial charge >= 0.3 is 0 Å². The van der Waals surface area contributed by atoms with Crippen LogP contribution < -0.4 is 14.8 Å². The summed E-state index contributed by atoms with van der Waals surface area (Å²) >= 11 is 0. The third kappa shape index (κ3) is 5.97. The Morgan fingerprint density at radius 2 is 1.79 bits per heavy atom. The van der Waals surface area contributed by atoms with Gasteiger partial charge in [-0.25, -0.2) is 4.39 Å². The molecule has 0 aliphatic carbocycles. The second-order valence-corrected chi connectivity index (χ2v) is 6.25. The third-order valence-corrected chi connectivity index (χ3v) is 4.31.